The number of carbonyl (C=O) groups excluding carboxylic acids is 1. The highest BCUT2D eigenvalue weighted by atomic mass is 127. The highest BCUT2D eigenvalue weighted by Gasteiger charge is 2.07. The van der Waals surface area contributed by atoms with E-state index in [1.54, 1.807) is 12.1 Å². The van der Waals surface area contributed by atoms with Crippen molar-refractivity contribution < 1.29 is 4.79 Å². The zero-order valence-electron chi connectivity index (χ0n) is 9.78. The minimum absolute atomic E-state index is 0.620. The Balaban J connectivity index is 2.47. The van der Waals surface area contributed by atoms with E-state index in [9.17, 15) is 4.79 Å². The second kappa shape index (κ2) is 6.60. The molecule has 0 spiro atoms. The van der Waals surface area contributed by atoms with Crippen LogP contribution in [0.2, 0.25) is 5.02 Å². The van der Waals surface area contributed by atoms with Gasteiger partial charge < -0.3 is 5.32 Å². The van der Waals surface area contributed by atoms with Gasteiger partial charge in [0.15, 0.2) is 0 Å². The minimum atomic E-state index is 0.620. The molecule has 19 heavy (non-hydrogen) atoms. The lowest BCUT2D eigenvalue weighted by Gasteiger charge is -2.06. The number of amides is 1. The molecule has 0 unspecified atom stereocenters. The van der Waals surface area contributed by atoms with Crippen LogP contribution in [0.25, 0.3) is 0 Å². The molecule has 0 heterocycles. The maximum absolute atomic E-state index is 10.6. The van der Waals surface area contributed by atoms with Crippen molar-refractivity contribution in [1.29, 1.82) is 0 Å². The standard InChI is InChI=1S/C15H9ClINO/c16-13-8-9-14(18-10-19)12(15(13)17)7-6-11-4-2-1-3-5-11/h1-5,8-10H,(H,18,19). The first-order valence-corrected chi connectivity index (χ1v) is 6.93. The zero-order chi connectivity index (χ0) is 13.7. The highest BCUT2D eigenvalue weighted by molar-refractivity contribution is 14.1. The molecule has 0 atom stereocenters. The van der Waals surface area contributed by atoms with Crippen molar-refractivity contribution in [2.24, 2.45) is 0 Å². The van der Waals surface area contributed by atoms with Crippen molar-refractivity contribution in [3.63, 3.8) is 0 Å². The van der Waals surface area contributed by atoms with E-state index >= 15 is 0 Å². The predicted molar refractivity (Wildman–Crippen MR) is 86.3 cm³/mol. The van der Waals surface area contributed by atoms with Crippen LogP contribution in [0.5, 0.6) is 0 Å². The van der Waals surface area contributed by atoms with Gasteiger partial charge in [-0.05, 0) is 46.9 Å². The van der Waals surface area contributed by atoms with Gasteiger partial charge in [-0.15, -0.1) is 0 Å². The summed E-state index contributed by atoms with van der Waals surface area (Å²) in [4.78, 5) is 10.6. The summed E-state index contributed by atoms with van der Waals surface area (Å²) in [6.45, 7) is 0. The summed E-state index contributed by atoms with van der Waals surface area (Å²) in [5.41, 5.74) is 2.30. The molecule has 1 amide bonds. The quantitative estimate of drug-likeness (QED) is 0.477. The Hall–Kier alpha value is -1.51. The van der Waals surface area contributed by atoms with E-state index in [1.165, 1.54) is 0 Å². The number of halogens is 2. The Kier molecular flexibility index (Phi) is 4.83. The van der Waals surface area contributed by atoms with E-state index in [0.717, 1.165) is 14.7 Å². The minimum Gasteiger partial charge on any atom is -0.328 e. The smallest absolute Gasteiger partial charge is 0.211 e. The molecule has 0 aliphatic rings. The number of hydrogen-bond acceptors (Lipinski definition) is 1. The summed E-state index contributed by atoms with van der Waals surface area (Å²) in [5, 5.41) is 3.25. The summed E-state index contributed by atoms with van der Waals surface area (Å²) in [6, 6.07) is 13.1. The number of carbonyl (C=O) groups is 1. The van der Waals surface area contributed by atoms with Gasteiger partial charge in [0.2, 0.25) is 6.41 Å². The number of anilines is 1. The van der Waals surface area contributed by atoms with E-state index < -0.39 is 0 Å². The molecule has 2 rings (SSSR count). The second-order valence-corrected chi connectivity index (χ2v) is 5.15. The molecule has 0 fully saturated rings. The van der Waals surface area contributed by atoms with Gasteiger partial charge in [-0.25, -0.2) is 0 Å². The molecule has 94 valence electrons. The fraction of sp³-hybridized carbons (Fsp3) is 0. The van der Waals surface area contributed by atoms with E-state index in [4.69, 9.17) is 11.6 Å². The van der Waals surface area contributed by atoms with Crippen molar-refractivity contribution >= 4 is 46.3 Å². The lowest BCUT2D eigenvalue weighted by molar-refractivity contribution is -0.105. The van der Waals surface area contributed by atoms with E-state index in [2.05, 4.69) is 39.7 Å². The Labute approximate surface area is 130 Å². The zero-order valence-corrected chi connectivity index (χ0v) is 12.7. The average molecular weight is 382 g/mol. The lowest BCUT2D eigenvalue weighted by atomic mass is 10.1. The van der Waals surface area contributed by atoms with Crippen LogP contribution >= 0.6 is 34.2 Å². The number of hydrogen-bond donors (Lipinski definition) is 1. The largest absolute Gasteiger partial charge is 0.328 e. The number of rotatable bonds is 2. The third kappa shape index (κ3) is 3.49. The summed E-state index contributed by atoms with van der Waals surface area (Å²) in [6.07, 6.45) is 0.632. The Morgan fingerprint density at radius 1 is 1.11 bits per heavy atom. The van der Waals surface area contributed by atoms with Crippen LogP contribution in [0, 0.1) is 15.4 Å². The lowest BCUT2D eigenvalue weighted by Crippen LogP contribution is -1.98. The first kappa shape index (κ1) is 13.9. The van der Waals surface area contributed by atoms with Gasteiger partial charge in [-0.2, -0.15) is 0 Å². The molecular formula is C15H9ClINO. The third-order valence-corrected chi connectivity index (χ3v) is 4.17. The first-order chi connectivity index (χ1) is 9.22. The summed E-state index contributed by atoms with van der Waals surface area (Å²) >= 11 is 8.20. The summed E-state index contributed by atoms with van der Waals surface area (Å²) < 4.78 is 0.828. The molecule has 0 saturated heterocycles. The fourth-order valence-electron chi connectivity index (χ4n) is 1.51. The molecule has 0 bridgehead atoms. The van der Waals surface area contributed by atoms with Gasteiger partial charge in [0.25, 0.3) is 0 Å². The summed E-state index contributed by atoms with van der Waals surface area (Å²) in [5.74, 6) is 6.12. The van der Waals surface area contributed by atoms with E-state index in [0.29, 0.717) is 17.1 Å². The van der Waals surface area contributed by atoms with Gasteiger partial charge in [0.05, 0.1) is 16.3 Å². The van der Waals surface area contributed by atoms with Crippen LogP contribution in [0.4, 0.5) is 5.69 Å². The molecule has 0 aliphatic carbocycles. The maximum atomic E-state index is 10.6. The van der Waals surface area contributed by atoms with Crippen molar-refractivity contribution in [2.75, 3.05) is 5.32 Å². The highest BCUT2D eigenvalue weighted by Crippen LogP contribution is 2.27. The van der Waals surface area contributed by atoms with Crippen molar-refractivity contribution in [3.05, 3.63) is 62.2 Å². The van der Waals surface area contributed by atoms with Gasteiger partial charge in [-0.3, -0.25) is 4.79 Å². The number of nitrogens with one attached hydrogen (secondary N) is 1. The Morgan fingerprint density at radius 3 is 2.53 bits per heavy atom. The monoisotopic (exact) mass is 381 g/mol. The molecule has 1 N–H and O–H groups in total. The van der Waals surface area contributed by atoms with Crippen molar-refractivity contribution in [3.8, 4) is 11.8 Å². The topological polar surface area (TPSA) is 29.1 Å². The van der Waals surface area contributed by atoms with E-state index in [-0.39, 0.29) is 0 Å². The predicted octanol–water partition coefficient (Wildman–Crippen LogP) is 3.91. The molecular weight excluding hydrogens is 373 g/mol. The molecule has 0 aromatic heterocycles. The maximum Gasteiger partial charge on any atom is 0.211 e. The summed E-state index contributed by atoms with van der Waals surface area (Å²) in [7, 11) is 0. The van der Waals surface area contributed by atoms with Gasteiger partial charge in [0.1, 0.15) is 0 Å². The van der Waals surface area contributed by atoms with Gasteiger partial charge in [0, 0.05) is 9.13 Å². The fourth-order valence-corrected chi connectivity index (χ4v) is 2.28. The molecule has 0 aliphatic heterocycles. The van der Waals surface area contributed by atoms with Crippen LogP contribution in [0.15, 0.2) is 42.5 Å². The number of benzene rings is 2. The van der Waals surface area contributed by atoms with Gasteiger partial charge in [-0.1, -0.05) is 41.6 Å². The van der Waals surface area contributed by atoms with E-state index in [1.807, 2.05) is 30.3 Å². The van der Waals surface area contributed by atoms with Crippen LogP contribution in [-0.4, -0.2) is 6.41 Å². The Bertz CT molecular complexity index is 659. The normalized spacial score (nSPS) is 9.37. The van der Waals surface area contributed by atoms with Crippen LogP contribution in [0.1, 0.15) is 11.1 Å². The van der Waals surface area contributed by atoms with Crippen LogP contribution < -0.4 is 5.32 Å². The SMILES string of the molecule is O=CNc1ccc(Cl)c(I)c1C#Cc1ccccc1. The second-order valence-electron chi connectivity index (χ2n) is 3.66. The molecule has 2 aromatic rings. The molecule has 4 heteroatoms. The average Bonchev–Trinajstić information content (AvgIpc) is 2.44. The van der Waals surface area contributed by atoms with Gasteiger partial charge >= 0.3 is 0 Å². The third-order valence-electron chi connectivity index (χ3n) is 2.41. The van der Waals surface area contributed by atoms with Crippen molar-refractivity contribution in [1.82, 2.24) is 0 Å². The Morgan fingerprint density at radius 2 is 1.84 bits per heavy atom. The van der Waals surface area contributed by atoms with Crippen molar-refractivity contribution in [2.45, 2.75) is 0 Å². The molecule has 2 nitrogen and oxygen atoms in total. The molecule has 0 radical (unpaired) electrons. The van der Waals surface area contributed by atoms with Crippen LogP contribution in [0.3, 0.4) is 0 Å². The first-order valence-electron chi connectivity index (χ1n) is 5.47. The molecule has 0 saturated carbocycles. The van der Waals surface area contributed by atoms with Crippen LogP contribution in [-0.2, 0) is 4.79 Å². The molecule has 2 aromatic carbocycles.